The second kappa shape index (κ2) is 8.82. The topological polar surface area (TPSA) is 145 Å². The fourth-order valence-electron chi connectivity index (χ4n) is 2.52. The van der Waals surface area contributed by atoms with Crippen LogP contribution in [-0.2, 0) is 0 Å². The molecule has 0 aliphatic heterocycles. The molecule has 0 saturated heterocycles. The summed E-state index contributed by atoms with van der Waals surface area (Å²) in [7, 11) is 0. The number of anilines is 2. The summed E-state index contributed by atoms with van der Waals surface area (Å²) in [6.07, 6.45) is 1.13. The van der Waals surface area contributed by atoms with E-state index in [-0.39, 0.29) is 17.4 Å². The van der Waals surface area contributed by atoms with Gasteiger partial charge in [-0.15, -0.1) is 0 Å². The van der Waals surface area contributed by atoms with Crippen molar-refractivity contribution >= 4 is 22.9 Å². The van der Waals surface area contributed by atoms with Crippen molar-refractivity contribution < 1.29 is 14.6 Å². The van der Waals surface area contributed by atoms with Crippen LogP contribution in [0.1, 0.15) is 25.3 Å². The number of ether oxygens (including phenoxy) is 1. The minimum absolute atomic E-state index is 0.0762. The predicted octanol–water partition coefficient (Wildman–Crippen LogP) is 4.65. The van der Waals surface area contributed by atoms with Crippen LogP contribution in [0.4, 0.5) is 22.9 Å². The largest absolute Gasteiger partial charge is 0.434 e. The van der Waals surface area contributed by atoms with Crippen LogP contribution in [0.5, 0.6) is 11.6 Å². The van der Waals surface area contributed by atoms with Crippen LogP contribution >= 0.6 is 0 Å². The average Bonchev–Trinajstić information content (AvgIpc) is 2.72. The van der Waals surface area contributed by atoms with Gasteiger partial charge in [0.2, 0.25) is 5.82 Å². The molecule has 1 heterocycles. The number of hydrogen-bond donors (Lipinski definition) is 2. The second-order valence-electron chi connectivity index (χ2n) is 6.51. The molecule has 1 aromatic heterocycles. The van der Waals surface area contributed by atoms with Gasteiger partial charge in [0, 0.05) is 12.1 Å². The molecule has 3 rings (SSSR count). The molecule has 154 valence electrons. The van der Waals surface area contributed by atoms with Gasteiger partial charge in [0.15, 0.2) is 0 Å². The molecule has 0 unspecified atom stereocenters. The van der Waals surface area contributed by atoms with Gasteiger partial charge in [0.25, 0.3) is 5.69 Å². The van der Waals surface area contributed by atoms with E-state index in [0.717, 1.165) is 11.9 Å². The van der Waals surface area contributed by atoms with Crippen molar-refractivity contribution in [3.63, 3.8) is 0 Å². The number of non-ortho nitro benzene ring substituents is 1. The average molecular weight is 410 g/mol. The van der Waals surface area contributed by atoms with E-state index >= 15 is 0 Å². The van der Waals surface area contributed by atoms with Crippen LogP contribution in [0.2, 0.25) is 0 Å². The number of rotatable bonds is 8. The lowest BCUT2D eigenvalue weighted by molar-refractivity contribution is -0.385. The van der Waals surface area contributed by atoms with Gasteiger partial charge in [-0.2, -0.15) is 4.98 Å². The van der Waals surface area contributed by atoms with Crippen molar-refractivity contribution in [3.05, 3.63) is 80.7 Å². The smallest absolute Gasteiger partial charge is 0.374 e. The summed E-state index contributed by atoms with van der Waals surface area (Å²) >= 11 is 0. The van der Waals surface area contributed by atoms with Crippen molar-refractivity contribution in [1.29, 1.82) is 0 Å². The summed E-state index contributed by atoms with van der Waals surface area (Å²) in [4.78, 5) is 28.9. The fraction of sp³-hybridized carbons (Fsp3) is 0.158. The third-order valence-corrected chi connectivity index (χ3v) is 4.14. The number of benzene rings is 2. The number of nitro groups is 2. The molecule has 0 saturated carbocycles. The number of hydrogen-bond acceptors (Lipinski definition) is 9. The van der Waals surface area contributed by atoms with Gasteiger partial charge in [0.1, 0.15) is 12.1 Å². The van der Waals surface area contributed by atoms with E-state index in [1.165, 1.54) is 24.3 Å². The second-order valence-corrected chi connectivity index (χ2v) is 6.51. The Morgan fingerprint density at radius 3 is 2.13 bits per heavy atom. The highest BCUT2D eigenvalue weighted by atomic mass is 16.6. The first kappa shape index (κ1) is 20.5. The van der Waals surface area contributed by atoms with Gasteiger partial charge in [-0.3, -0.25) is 31.1 Å². The predicted molar refractivity (Wildman–Crippen MR) is 110 cm³/mol. The third kappa shape index (κ3) is 4.76. The van der Waals surface area contributed by atoms with Crippen LogP contribution < -0.4 is 15.6 Å². The zero-order valence-corrected chi connectivity index (χ0v) is 16.1. The van der Waals surface area contributed by atoms with Crippen molar-refractivity contribution in [2.45, 2.75) is 19.8 Å². The van der Waals surface area contributed by atoms with Gasteiger partial charge >= 0.3 is 11.6 Å². The lowest BCUT2D eigenvalue weighted by Crippen LogP contribution is -2.12. The minimum Gasteiger partial charge on any atom is -0.434 e. The first-order valence-corrected chi connectivity index (χ1v) is 8.89. The Hall–Kier alpha value is -4.28. The Bertz CT molecular complexity index is 1050. The highest BCUT2D eigenvalue weighted by Gasteiger charge is 2.25. The summed E-state index contributed by atoms with van der Waals surface area (Å²) in [6.45, 7) is 4.11. The van der Waals surface area contributed by atoms with Crippen LogP contribution in [0.15, 0.2) is 54.9 Å². The molecule has 2 aromatic carbocycles. The van der Waals surface area contributed by atoms with E-state index in [1.54, 1.807) is 12.1 Å². The quantitative estimate of drug-likeness (QED) is 0.400. The molecular formula is C19H18N6O5. The molecule has 30 heavy (non-hydrogen) atoms. The standard InChI is InChI=1S/C19H18N6O5/c1-12(2)13-3-9-16(10-4-13)30-19-17(25(28)29)18(20-11-21-19)23-22-14-5-7-15(8-6-14)24(26)27/h3-12,22H,1-2H3,(H,20,21,23). The Morgan fingerprint density at radius 2 is 1.57 bits per heavy atom. The van der Waals surface area contributed by atoms with E-state index in [9.17, 15) is 20.2 Å². The lowest BCUT2D eigenvalue weighted by atomic mass is 10.0. The zero-order chi connectivity index (χ0) is 21.7. The molecular weight excluding hydrogens is 392 g/mol. The molecule has 0 aliphatic rings. The van der Waals surface area contributed by atoms with Crippen LogP contribution in [0.3, 0.4) is 0 Å². The number of aromatic nitrogens is 2. The normalized spacial score (nSPS) is 10.5. The van der Waals surface area contributed by atoms with E-state index in [4.69, 9.17) is 4.74 Å². The van der Waals surface area contributed by atoms with Gasteiger partial charge in [-0.1, -0.05) is 26.0 Å². The first-order valence-electron chi connectivity index (χ1n) is 8.89. The maximum Gasteiger partial charge on any atom is 0.374 e. The van der Waals surface area contributed by atoms with Gasteiger partial charge in [-0.05, 0) is 35.7 Å². The maximum atomic E-state index is 11.6. The first-order chi connectivity index (χ1) is 14.3. The molecule has 0 fully saturated rings. The van der Waals surface area contributed by atoms with E-state index < -0.39 is 15.5 Å². The molecule has 3 aromatic rings. The van der Waals surface area contributed by atoms with E-state index in [0.29, 0.717) is 17.4 Å². The molecule has 0 atom stereocenters. The molecule has 0 bridgehead atoms. The number of hydrazine groups is 1. The lowest BCUT2D eigenvalue weighted by Gasteiger charge is -2.11. The molecule has 0 spiro atoms. The summed E-state index contributed by atoms with van der Waals surface area (Å²) in [5, 5.41) is 22.3. The summed E-state index contributed by atoms with van der Waals surface area (Å²) in [5.41, 5.74) is 6.34. The molecule has 0 radical (unpaired) electrons. The van der Waals surface area contributed by atoms with Crippen LogP contribution in [0, 0.1) is 20.2 Å². The number of nitrogens with one attached hydrogen (secondary N) is 2. The molecule has 0 amide bonds. The van der Waals surface area contributed by atoms with Crippen molar-refractivity contribution in [1.82, 2.24) is 9.97 Å². The summed E-state index contributed by atoms with van der Waals surface area (Å²) in [6, 6.07) is 12.7. The number of nitro benzene ring substituents is 1. The highest BCUT2D eigenvalue weighted by molar-refractivity contribution is 5.64. The minimum atomic E-state index is -0.655. The van der Waals surface area contributed by atoms with Crippen LogP contribution in [0.25, 0.3) is 0 Å². The van der Waals surface area contributed by atoms with E-state index in [1.807, 2.05) is 12.1 Å². The van der Waals surface area contributed by atoms with Crippen molar-refractivity contribution in [2.75, 3.05) is 10.9 Å². The Labute approximate surface area is 171 Å². The van der Waals surface area contributed by atoms with E-state index in [2.05, 4.69) is 34.7 Å². The van der Waals surface area contributed by atoms with Crippen LogP contribution in [-0.4, -0.2) is 19.8 Å². The third-order valence-electron chi connectivity index (χ3n) is 4.14. The van der Waals surface area contributed by atoms with Gasteiger partial charge in [-0.25, -0.2) is 4.98 Å². The SMILES string of the molecule is CC(C)c1ccc(Oc2ncnc(NNc3ccc([N+](=O)[O-])cc3)c2[N+](=O)[O-])cc1. The van der Waals surface area contributed by atoms with Crippen molar-refractivity contribution in [2.24, 2.45) is 0 Å². The number of nitrogens with zero attached hydrogens (tertiary/aromatic N) is 4. The Balaban J connectivity index is 1.80. The Kier molecular flexibility index (Phi) is 6.01. The molecule has 11 nitrogen and oxygen atoms in total. The molecule has 0 aliphatic carbocycles. The van der Waals surface area contributed by atoms with Gasteiger partial charge in [0.05, 0.1) is 15.5 Å². The summed E-state index contributed by atoms with van der Waals surface area (Å²) in [5.74, 6) is 0.395. The van der Waals surface area contributed by atoms with Gasteiger partial charge < -0.3 is 4.74 Å². The molecule has 2 N–H and O–H groups in total. The maximum absolute atomic E-state index is 11.6. The molecule has 11 heteroatoms. The monoisotopic (exact) mass is 410 g/mol. The highest BCUT2D eigenvalue weighted by Crippen LogP contribution is 2.34. The zero-order valence-electron chi connectivity index (χ0n) is 16.1. The fourth-order valence-corrected chi connectivity index (χ4v) is 2.52. The summed E-state index contributed by atoms with van der Waals surface area (Å²) < 4.78 is 5.60. The Morgan fingerprint density at radius 1 is 0.900 bits per heavy atom. The van der Waals surface area contributed by atoms with Crippen molar-refractivity contribution in [3.8, 4) is 11.6 Å².